The lowest BCUT2D eigenvalue weighted by molar-refractivity contribution is -0.0963. The summed E-state index contributed by atoms with van der Waals surface area (Å²) < 4.78 is 5.85. The van der Waals surface area contributed by atoms with Crippen molar-refractivity contribution in [1.82, 2.24) is 14.9 Å². The van der Waals surface area contributed by atoms with Gasteiger partial charge in [-0.3, -0.25) is 4.90 Å². The van der Waals surface area contributed by atoms with Gasteiger partial charge in [-0.1, -0.05) is 23.7 Å². The molecular weight excluding hydrogens is 350 g/mol. The summed E-state index contributed by atoms with van der Waals surface area (Å²) in [6, 6.07) is 10.1. The van der Waals surface area contributed by atoms with Gasteiger partial charge in [-0.15, -0.1) is 0 Å². The van der Waals surface area contributed by atoms with Crippen LogP contribution >= 0.6 is 11.6 Å². The molecule has 7 heteroatoms. The van der Waals surface area contributed by atoms with Crippen molar-refractivity contribution in [2.24, 2.45) is 0 Å². The monoisotopic (exact) mass is 371 g/mol. The highest BCUT2D eigenvalue weighted by atomic mass is 35.5. The Labute approximate surface area is 158 Å². The Morgan fingerprint density at radius 3 is 2.73 bits per heavy atom. The predicted octanol–water partition coefficient (Wildman–Crippen LogP) is 3.27. The average Bonchev–Trinajstić information content (AvgIpc) is 2.63. The van der Waals surface area contributed by atoms with Crippen molar-refractivity contribution in [3.05, 3.63) is 52.9 Å². The molecule has 1 atom stereocenters. The van der Waals surface area contributed by atoms with Crippen LogP contribution in [0.25, 0.3) is 0 Å². The average molecular weight is 372 g/mol. The van der Waals surface area contributed by atoms with E-state index in [1.54, 1.807) is 6.20 Å². The SMILES string of the molecule is CC1(C)CN(C(CNc2nccnc2C#N)c2ccc(Cl)cc2)CCO1. The molecule has 2 heterocycles. The van der Waals surface area contributed by atoms with Gasteiger partial charge in [0.25, 0.3) is 0 Å². The molecule has 0 radical (unpaired) electrons. The molecular formula is C19H22ClN5O. The zero-order chi connectivity index (χ0) is 18.6. The summed E-state index contributed by atoms with van der Waals surface area (Å²) in [5.41, 5.74) is 1.25. The van der Waals surface area contributed by atoms with Gasteiger partial charge in [0.2, 0.25) is 0 Å². The van der Waals surface area contributed by atoms with Crippen LogP contribution in [0.3, 0.4) is 0 Å². The van der Waals surface area contributed by atoms with Crippen molar-refractivity contribution in [3.8, 4) is 6.07 Å². The normalized spacial score (nSPS) is 18.1. The molecule has 1 aliphatic heterocycles. The van der Waals surface area contributed by atoms with Gasteiger partial charge < -0.3 is 10.1 Å². The van der Waals surface area contributed by atoms with E-state index in [9.17, 15) is 5.26 Å². The summed E-state index contributed by atoms with van der Waals surface area (Å²) in [5, 5.41) is 13.2. The minimum Gasteiger partial charge on any atom is -0.373 e. The number of hydrogen-bond acceptors (Lipinski definition) is 6. The molecule has 0 saturated carbocycles. The topological polar surface area (TPSA) is 74.1 Å². The number of halogens is 1. The lowest BCUT2D eigenvalue weighted by Crippen LogP contribution is -2.50. The van der Waals surface area contributed by atoms with Gasteiger partial charge in [0.05, 0.1) is 18.2 Å². The quantitative estimate of drug-likeness (QED) is 0.869. The highest BCUT2D eigenvalue weighted by Gasteiger charge is 2.32. The first kappa shape index (κ1) is 18.6. The number of morpholine rings is 1. The third-order valence-electron chi connectivity index (χ3n) is 4.42. The number of rotatable bonds is 5. The molecule has 0 amide bonds. The molecule has 26 heavy (non-hydrogen) atoms. The fraction of sp³-hybridized carbons (Fsp3) is 0.421. The van der Waals surface area contributed by atoms with E-state index in [2.05, 4.69) is 40.1 Å². The summed E-state index contributed by atoms with van der Waals surface area (Å²) in [7, 11) is 0. The van der Waals surface area contributed by atoms with E-state index in [1.165, 1.54) is 6.20 Å². The van der Waals surface area contributed by atoms with Crippen LogP contribution in [0.4, 0.5) is 5.82 Å². The number of nitrogens with zero attached hydrogens (tertiary/aromatic N) is 4. The first-order valence-corrected chi connectivity index (χ1v) is 8.95. The molecule has 0 aliphatic carbocycles. The molecule has 1 saturated heterocycles. The Bertz CT molecular complexity index is 787. The van der Waals surface area contributed by atoms with Gasteiger partial charge in [0, 0.05) is 37.1 Å². The maximum Gasteiger partial charge on any atom is 0.182 e. The van der Waals surface area contributed by atoms with Crippen molar-refractivity contribution in [2.45, 2.75) is 25.5 Å². The third kappa shape index (κ3) is 4.50. The maximum absolute atomic E-state index is 9.21. The van der Waals surface area contributed by atoms with Crippen LogP contribution in [-0.4, -0.2) is 46.7 Å². The zero-order valence-corrected chi connectivity index (χ0v) is 15.7. The van der Waals surface area contributed by atoms with Gasteiger partial charge >= 0.3 is 0 Å². The van der Waals surface area contributed by atoms with Crippen LogP contribution in [0.15, 0.2) is 36.7 Å². The Morgan fingerprint density at radius 1 is 1.31 bits per heavy atom. The van der Waals surface area contributed by atoms with Crippen molar-refractivity contribution < 1.29 is 4.74 Å². The molecule has 0 bridgehead atoms. The van der Waals surface area contributed by atoms with E-state index < -0.39 is 0 Å². The lowest BCUT2D eigenvalue weighted by atomic mass is 10.0. The fourth-order valence-electron chi connectivity index (χ4n) is 3.20. The van der Waals surface area contributed by atoms with Crippen LogP contribution in [-0.2, 0) is 4.74 Å². The van der Waals surface area contributed by atoms with Crippen molar-refractivity contribution in [2.75, 3.05) is 31.6 Å². The second kappa shape index (κ2) is 8.00. The molecule has 136 valence electrons. The largest absolute Gasteiger partial charge is 0.373 e. The van der Waals surface area contributed by atoms with Crippen molar-refractivity contribution in [1.29, 1.82) is 5.26 Å². The van der Waals surface area contributed by atoms with Gasteiger partial charge in [-0.05, 0) is 31.5 Å². The number of nitriles is 1. The first-order chi connectivity index (χ1) is 12.5. The Morgan fingerprint density at radius 2 is 2.04 bits per heavy atom. The van der Waals surface area contributed by atoms with E-state index in [-0.39, 0.29) is 11.6 Å². The second-order valence-corrected chi connectivity index (χ2v) is 7.33. The second-order valence-electron chi connectivity index (χ2n) is 6.89. The van der Waals surface area contributed by atoms with Crippen LogP contribution in [0, 0.1) is 11.3 Å². The molecule has 1 aromatic heterocycles. The summed E-state index contributed by atoms with van der Waals surface area (Å²) in [6.07, 6.45) is 3.10. The van der Waals surface area contributed by atoms with Gasteiger partial charge in [-0.2, -0.15) is 5.26 Å². The highest BCUT2D eigenvalue weighted by Crippen LogP contribution is 2.28. The molecule has 0 spiro atoms. The molecule has 1 aromatic carbocycles. The molecule has 6 nitrogen and oxygen atoms in total. The molecule has 1 fully saturated rings. The summed E-state index contributed by atoms with van der Waals surface area (Å²) in [5.74, 6) is 0.501. The van der Waals surface area contributed by atoms with Crippen LogP contribution < -0.4 is 5.32 Å². The molecule has 1 N–H and O–H groups in total. The number of anilines is 1. The number of nitrogens with one attached hydrogen (secondary N) is 1. The smallest absolute Gasteiger partial charge is 0.182 e. The van der Waals surface area contributed by atoms with Crippen molar-refractivity contribution >= 4 is 17.4 Å². The highest BCUT2D eigenvalue weighted by molar-refractivity contribution is 6.30. The molecule has 2 aromatic rings. The predicted molar refractivity (Wildman–Crippen MR) is 101 cm³/mol. The fourth-order valence-corrected chi connectivity index (χ4v) is 3.33. The number of benzene rings is 1. The Hall–Kier alpha value is -2.20. The van der Waals surface area contributed by atoms with E-state index in [4.69, 9.17) is 16.3 Å². The molecule has 3 rings (SSSR count). The maximum atomic E-state index is 9.21. The van der Waals surface area contributed by atoms with E-state index in [0.29, 0.717) is 29.7 Å². The number of ether oxygens (including phenoxy) is 1. The van der Waals surface area contributed by atoms with E-state index in [0.717, 1.165) is 18.7 Å². The summed E-state index contributed by atoms with van der Waals surface area (Å²) in [6.45, 7) is 7.14. The van der Waals surface area contributed by atoms with Crippen LogP contribution in [0.1, 0.15) is 31.1 Å². The molecule has 1 aliphatic rings. The van der Waals surface area contributed by atoms with Crippen LogP contribution in [0.5, 0.6) is 0 Å². The Balaban J connectivity index is 1.83. The Kier molecular flexibility index (Phi) is 5.72. The van der Waals surface area contributed by atoms with Gasteiger partial charge in [0.1, 0.15) is 6.07 Å². The lowest BCUT2D eigenvalue weighted by Gasteiger charge is -2.42. The zero-order valence-electron chi connectivity index (χ0n) is 14.9. The van der Waals surface area contributed by atoms with Crippen molar-refractivity contribution in [3.63, 3.8) is 0 Å². The minimum atomic E-state index is -0.201. The first-order valence-electron chi connectivity index (χ1n) is 8.57. The minimum absolute atomic E-state index is 0.101. The standard InChI is InChI=1S/C19H22ClN5O/c1-19(2)13-25(9-10-26-19)17(14-3-5-15(20)6-4-14)12-24-18-16(11-21)22-7-8-23-18/h3-8,17H,9-10,12-13H2,1-2H3,(H,23,24). The summed E-state index contributed by atoms with van der Waals surface area (Å²) in [4.78, 5) is 10.7. The number of hydrogen-bond donors (Lipinski definition) is 1. The van der Waals surface area contributed by atoms with E-state index in [1.807, 2.05) is 24.3 Å². The van der Waals surface area contributed by atoms with Gasteiger partial charge in [-0.25, -0.2) is 9.97 Å². The number of aromatic nitrogens is 2. The van der Waals surface area contributed by atoms with Crippen LogP contribution in [0.2, 0.25) is 5.02 Å². The van der Waals surface area contributed by atoms with E-state index >= 15 is 0 Å². The summed E-state index contributed by atoms with van der Waals surface area (Å²) >= 11 is 6.06. The van der Waals surface area contributed by atoms with Gasteiger partial charge in [0.15, 0.2) is 11.5 Å². The third-order valence-corrected chi connectivity index (χ3v) is 4.67. The molecule has 1 unspecified atom stereocenters.